The lowest BCUT2D eigenvalue weighted by Crippen LogP contribution is -2.20. The van der Waals surface area contributed by atoms with Gasteiger partial charge in [-0.3, -0.25) is 0 Å². The SMILES string of the molecule is CCOC=C(CC)C(=O)OC(=O)C(F)F. The zero-order valence-corrected chi connectivity index (χ0v) is 8.46. The lowest BCUT2D eigenvalue weighted by atomic mass is 10.2. The molecule has 0 aromatic carbocycles. The molecule has 0 aliphatic heterocycles. The fourth-order valence-corrected chi connectivity index (χ4v) is 0.661. The van der Waals surface area contributed by atoms with Crippen LogP contribution < -0.4 is 0 Å². The number of hydrogen-bond donors (Lipinski definition) is 0. The van der Waals surface area contributed by atoms with Crippen molar-refractivity contribution in [2.24, 2.45) is 0 Å². The first kappa shape index (κ1) is 13.5. The first-order chi connectivity index (χ1) is 7.02. The minimum Gasteiger partial charge on any atom is -0.501 e. The summed E-state index contributed by atoms with van der Waals surface area (Å²) in [5, 5.41) is 0. The van der Waals surface area contributed by atoms with E-state index >= 15 is 0 Å². The van der Waals surface area contributed by atoms with E-state index < -0.39 is 18.4 Å². The molecule has 0 aromatic rings. The van der Waals surface area contributed by atoms with E-state index in [-0.39, 0.29) is 12.0 Å². The summed E-state index contributed by atoms with van der Waals surface area (Å²) in [5.41, 5.74) is 0.0332. The highest BCUT2D eigenvalue weighted by Crippen LogP contribution is 2.06. The van der Waals surface area contributed by atoms with Crippen molar-refractivity contribution in [1.29, 1.82) is 0 Å². The Morgan fingerprint density at radius 3 is 2.33 bits per heavy atom. The van der Waals surface area contributed by atoms with Gasteiger partial charge in [0.2, 0.25) is 0 Å². The Hall–Kier alpha value is -1.46. The first-order valence-electron chi connectivity index (χ1n) is 4.37. The van der Waals surface area contributed by atoms with Gasteiger partial charge in [0.05, 0.1) is 18.4 Å². The number of hydrogen-bond acceptors (Lipinski definition) is 4. The molecule has 0 aliphatic rings. The second kappa shape index (κ2) is 6.92. The minimum absolute atomic E-state index is 0.0332. The van der Waals surface area contributed by atoms with Gasteiger partial charge in [0, 0.05) is 0 Å². The van der Waals surface area contributed by atoms with Gasteiger partial charge in [0.15, 0.2) is 0 Å². The molecule has 4 nitrogen and oxygen atoms in total. The van der Waals surface area contributed by atoms with Crippen LogP contribution in [0.1, 0.15) is 20.3 Å². The summed E-state index contributed by atoms with van der Waals surface area (Å²) in [6.45, 7) is 3.64. The molecule has 0 amide bonds. The molecule has 0 spiro atoms. The van der Waals surface area contributed by atoms with E-state index in [2.05, 4.69) is 4.74 Å². The maximum atomic E-state index is 11.7. The van der Waals surface area contributed by atoms with Crippen LogP contribution in [0.2, 0.25) is 0 Å². The Bertz CT molecular complexity index is 261. The van der Waals surface area contributed by atoms with Gasteiger partial charge in [-0.05, 0) is 13.3 Å². The number of rotatable bonds is 5. The Balaban J connectivity index is 4.34. The highest BCUT2D eigenvalue weighted by atomic mass is 19.3. The van der Waals surface area contributed by atoms with Crippen molar-refractivity contribution < 1.29 is 27.8 Å². The average Bonchev–Trinajstić information content (AvgIpc) is 2.18. The molecule has 86 valence electrons. The number of alkyl halides is 2. The number of ether oxygens (including phenoxy) is 2. The maximum absolute atomic E-state index is 11.7. The molecule has 0 bridgehead atoms. The molecule has 0 aliphatic carbocycles. The summed E-state index contributed by atoms with van der Waals surface area (Å²) in [6.07, 6.45) is -1.98. The lowest BCUT2D eigenvalue weighted by molar-refractivity contribution is -0.165. The van der Waals surface area contributed by atoms with E-state index in [4.69, 9.17) is 4.74 Å². The van der Waals surface area contributed by atoms with Gasteiger partial charge in [0.1, 0.15) is 0 Å². The van der Waals surface area contributed by atoms with E-state index in [1.165, 1.54) is 0 Å². The molecule has 0 saturated heterocycles. The molecule has 0 saturated carbocycles. The van der Waals surface area contributed by atoms with Crippen molar-refractivity contribution in [3.8, 4) is 0 Å². The van der Waals surface area contributed by atoms with Crippen molar-refractivity contribution in [3.63, 3.8) is 0 Å². The van der Waals surface area contributed by atoms with Crippen LogP contribution in [0.25, 0.3) is 0 Å². The predicted molar refractivity (Wildman–Crippen MR) is 47.1 cm³/mol. The standard InChI is InChI=1S/C9H12F2O4/c1-3-6(5-14-4-2)8(12)15-9(13)7(10)11/h5,7H,3-4H2,1-2H3. The van der Waals surface area contributed by atoms with Crippen LogP contribution in [-0.4, -0.2) is 25.0 Å². The topological polar surface area (TPSA) is 52.6 Å². The van der Waals surface area contributed by atoms with Crippen LogP contribution in [0.4, 0.5) is 8.78 Å². The number of carbonyl (C=O) groups is 2. The molecule has 0 unspecified atom stereocenters. The van der Waals surface area contributed by atoms with Crippen molar-refractivity contribution >= 4 is 11.9 Å². The quantitative estimate of drug-likeness (QED) is 0.307. The second-order valence-electron chi connectivity index (χ2n) is 2.46. The monoisotopic (exact) mass is 222 g/mol. The molecule has 0 fully saturated rings. The summed E-state index contributed by atoms with van der Waals surface area (Å²) in [5.74, 6) is -2.95. The van der Waals surface area contributed by atoms with Crippen LogP contribution in [0, 0.1) is 0 Å². The number of carbonyl (C=O) groups excluding carboxylic acids is 2. The number of esters is 2. The number of halogens is 2. The van der Waals surface area contributed by atoms with Gasteiger partial charge in [-0.15, -0.1) is 0 Å². The molecular weight excluding hydrogens is 210 g/mol. The average molecular weight is 222 g/mol. The van der Waals surface area contributed by atoms with E-state index in [1.807, 2.05) is 0 Å². The van der Waals surface area contributed by atoms with Crippen LogP contribution in [0.15, 0.2) is 11.8 Å². The largest absolute Gasteiger partial charge is 0.501 e. The van der Waals surface area contributed by atoms with E-state index in [0.29, 0.717) is 6.61 Å². The Labute approximate surface area is 85.9 Å². The summed E-state index contributed by atoms with van der Waals surface area (Å²) < 4.78 is 32.1. The predicted octanol–water partition coefficient (Wildman–Crippen LogP) is 1.65. The zero-order chi connectivity index (χ0) is 11.8. The third-order valence-corrected chi connectivity index (χ3v) is 1.41. The second-order valence-corrected chi connectivity index (χ2v) is 2.46. The van der Waals surface area contributed by atoms with Crippen LogP contribution in [0.5, 0.6) is 0 Å². The third kappa shape index (κ3) is 5.09. The van der Waals surface area contributed by atoms with Gasteiger partial charge in [0.25, 0.3) is 0 Å². The van der Waals surface area contributed by atoms with E-state index in [1.54, 1.807) is 13.8 Å². The molecule has 0 radical (unpaired) electrons. The van der Waals surface area contributed by atoms with Crippen molar-refractivity contribution in [3.05, 3.63) is 11.8 Å². The van der Waals surface area contributed by atoms with Crippen LogP contribution >= 0.6 is 0 Å². The summed E-state index contributed by atoms with van der Waals surface area (Å²) >= 11 is 0. The zero-order valence-electron chi connectivity index (χ0n) is 8.46. The van der Waals surface area contributed by atoms with Gasteiger partial charge in [-0.2, -0.15) is 8.78 Å². The molecular formula is C9H12F2O4. The highest BCUT2D eigenvalue weighted by Gasteiger charge is 2.22. The van der Waals surface area contributed by atoms with Gasteiger partial charge >= 0.3 is 18.4 Å². The Kier molecular flexibility index (Phi) is 6.24. The van der Waals surface area contributed by atoms with Crippen molar-refractivity contribution in [1.82, 2.24) is 0 Å². The molecule has 0 atom stereocenters. The molecule has 0 rings (SSSR count). The normalized spacial score (nSPS) is 11.4. The van der Waals surface area contributed by atoms with Gasteiger partial charge < -0.3 is 9.47 Å². The Morgan fingerprint density at radius 1 is 1.33 bits per heavy atom. The van der Waals surface area contributed by atoms with Crippen LogP contribution in [-0.2, 0) is 19.1 Å². The van der Waals surface area contributed by atoms with Crippen molar-refractivity contribution in [2.45, 2.75) is 26.7 Å². The maximum Gasteiger partial charge on any atom is 0.381 e. The molecule has 15 heavy (non-hydrogen) atoms. The van der Waals surface area contributed by atoms with Crippen LogP contribution in [0.3, 0.4) is 0 Å². The van der Waals surface area contributed by atoms with Gasteiger partial charge in [-0.1, -0.05) is 6.92 Å². The molecule has 6 heteroatoms. The highest BCUT2D eigenvalue weighted by molar-refractivity contribution is 5.96. The first-order valence-corrected chi connectivity index (χ1v) is 4.37. The molecule has 0 aromatic heterocycles. The summed E-state index contributed by atoms with van der Waals surface area (Å²) in [6, 6.07) is 0. The molecule has 0 N–H and O–H groups in total. The summed E-state index contributed by atoms with van der Waals surface area (Å²) in [7, 11) is 0. The Morgan fingerprint density at radius 2 is 1.93 bits per heavy atom. The summed E-state index contributed by atoms with van der Waals surface area (Å²) in [4.78, 5) is 21.5. The third-order valence-electron chi connectivity index (χ3n) is 1.41. The lowest BCUT2D eigenvalue weighted by Gasteiger charge is -2.04. The smallest absolute Gasteiger partial charge is 0.381 e. The fraction of sp³-hybridized carbons (Fsp3) is 0.556. The van der Waals surface area contributed by atoms with Crippen molar-refractivity contribution in [2.75, 3.05) is 6.61 Å². The van der Waals surface area contributed by atoms with Gasteiger partial charge in [-0.25, -0.2) is 9.59 Å². The molecule has 0 heterocycles. The fourth-order valence-electron chi connectivity index (χ4n) is 0.661. The van der Waals surface area contributed by atoms with E-state index in [0.717, 1.165) is 6.26 Å². The van der Waals surface area contributed by atoms with E-state index in [9.17, 15) is 18.4 Å². The minimum atomic E-state index is -3.31.